The first-order chi connectivity index (χ1) is 5.38. The van der Waals surface area contributed by atoms with Gasteiger partial charge in [-0.25, -0.2) is 0 Å². The summed E-state index contributed by atoms with van der Waals surface area (Å²) in [5.41, 5.74) is 0.145. The molecule has 2 nitrogen and oxygen atoms in total. The zero-order valence-corrected chi connectivity index (χ0v) is 8.86. The van der Waals surface area contributed by atoms with E-state index in [0.717, 1.165) is 0 Å². The molecule has 0 fully saturated rings. The predicted molar refractivity (Wildman–Crippen MR) is 53.3 cm³/mol. The molecule has 0 N–H and O–H groups in total. The van der Waals surface area contributed by atoms with E-state index >= 15 is 0 Å². The van der Waals surface area contributed by atoms with Crippen molar-refractivity contribution in [2.24, 2.45) is 16.3 Å². The normalized spacial score (nSPS) is 13.3. The Morgan fingerprint density at radius 3 is 2.42 bits per heavy atom. The molecule has 0 heterocycles. The fraction of sp³-hybridized carbons (Fsp3) is 0.778. The van der Waals surface area contributed by atoms with Crippen LogP contribution in [0, 0.1) is 11.3 Å². The topological polar surface area (TPSA) is 29.4 Å². The van der Waals surface area contributed by atoms with Crippen molar-refractivity contribution in [1.29, 1.82) is 0 Å². The molecule has 0 aromatic heterocycles. The Hall–Kier alpha value is -0.530. The second-order valence-electron chi connectivity index (χ2n) is 4.07. The first-order valence-corrected chi connectivity index (χ1v) is 4.39. The molecule has 0 radical (unpaired) electrons. The van der Waals surface area contributed by atoms with Gasteiger partial charge in [-0.15, -0.1) is 0 Å². The van der Waals surface area contributed by atoms with Crippen LogP contribution in [-0.4, -0.2) is 11.1 Å². The number of isothiocyanates is 1. The third-order valence-corrected chi connectivity index (χ3v) is 2.22. The van der Waals surface area contributed by atoms with Crippen molar-refractivity contribution in [3.05, 3.63) is 0 Å². The second kappa shape index (κ2) is 4.48. The number of amides is 1. The van der Waals surface area contributed by atoms with E-state index in [1.807, 2.05) is 6.92 Å². The molecule has 0 aliphatic rings. The van der Waals surface area contributed by atoms with Crippen molar-refractivity contribution >= 4 is 23.3 Å². The summed E-state index contributed by atoms with van der Waals surface area (Å²) in [7, 11) is 0. The lowest BCUT2D eigenvalue weighted by molar-refractivity contribution is -0.119. The van der Waals surface area contributed by atoms with Crippen LogP contribution in [0.4, 0.5) is 0 Å². The number of rotatable bonds is 2. The Bertz CT molecular complexity index is 211. The van der Waals surface area contributed by atoms with Crippen LogP contribution in [-0.2, 0) is 4.79 Å². The molecule has 0 saturated heterocycles. The van der Waals surface area contributed by atoms with Crippen LogP contribution >= 0.6 is 12.2 Å². The molecule has 1 amide bonds. The molecule has 0 aliphatic carbocycles. The van der Waals surface area contributed by atoms with Gasteiger partial charge in [-0.2, -0.15) is 4.99 Å². The highest BCUT2D eigenvalue weighted by molar-refractivity contribution is 7.78. The highest BCUT2D eigenvalue weighted by Crippen LogP contribution is 2.27. The number of hydrogen-bond acceptors (Lipinski definition) is 2. The van der Waals surface area contributed by atoms with E-state index in [2.05, 4.69) is 43.1 Å². The fourth-order valence-corrected chi connectivity index (χ4v) is 0.766. The summed E-state index contributed by atoms with van der Waals surface area (Å²) >= 11 is 4.34. The van der Waals surface area contributed by atoms with Crippen molar-refractivity contribution in [2.75, 3.05) is 0 Å². The van der Waals surface area contributed by atoms with Gasteiger partial charge in [0.1, 0.15) is 0 Å². The van der Waals surface area contributed by atoms with Gasteiger partial charge in [0.2, 0.25) is 0 Å². The number of aliphatic imine (C=N–C) groups is 1. The maximum atomic E-state index is 11.0. The molecule has 3 heteroatoms. The van der Waals surface area contributed by atoms with Crippen LogP contribution in [0.25, 0.3) is 0 Å². The van der Waals surface area contributed by atoms with Crippen molar-refractivity contribution in [3.8, 4) is 0 Å². The van der Waals surface area contributed by atoms with Gasteiger partial charge in [0, 0.05) is 6.42 Å². The molecule has 0 aliphatic heterocycles. The van der Waals surface area contributed by atoms with Crippen molar-refractivity contribution in [2.45, 2.75) is 34.1 Å². The Morgan fingerprint density at radius 2 is 2.08 bits per heavy atom. The molecular weight excluding hydrogens is 170 g/mol. The molecule has 12 heavy (non-hydrogen) atoms. The van der Waals surface area contributed by atoms with E-state index < -0.39 is 0 Å². The van der Waals surface area contributed by atoms with Gasteiger partial charge in [-0.1, -0.05) is 27.7 Å². The van der Waals surface area contributed by atoms with Crippen molar-refractivity contribution in [3.63, 3.8) is 0 Å². The standard InChI is InChI=1S/C9H15NOS/c1-7(9(2,3)4)5-8(11)10-6-12/h7H,5H2,1-4H3. The summed E-state index contributed by atoms with van der Waals surface area (Å²) in [5.74, 6) is 0.143. The monoisotopic (exact) mass is 185 g/mol. The number of thiocarbonyl (C=S) groups is 1. The summed E-state index contributed by atoms with van der Waals surface area (Å²) in [6, 6.07) is 0. The van der Waals surface area contributed by atoms with E-state index in [1.54, 1.807) is 0 Å². The fourth-order valence-electron chi connectivity index (χ4n) is 0.665. The quantitative estimate of drug-likeness (QED) is 0.489. The Kier molecular flexibility index (Phi) is 4.29. The van der Waals surface area contributed by atoms with Gasteiger partial charge in [0.15, 0.2) is 0 Å². The summed E-state index contributed by atoms with van der Waals surface area (Å²) in [6.45, 7) is 8.35. The summed E-state index contributed by atoms with van der Waals surface area (Å²) in [4.78, 5) is 14.4. The third kappa shape index (κ3) is 4.37. The minimum absolute atomic E-state index is 0.145. The molecule has 1 atom stereocenters. The largest absolute Gasteiger partial charge is 0.272 e. The first kappa shape index (κ1) is 11.5. The summed E-state index contributed by atoms with van der Waals surface area (Å²) < 4.78 is 0. The van der Waals surface area contributed by atoms with Gasteiger partial charge in [0.25, 0.3) is 5.91 Å². The second-order valence-corrected chi connectivity index (χ2v) is 4.25. The Balaban J connectivity index is 4.10. The minimum atomic E-state index is -0.174. The van der Waals surface area contributed by atoms with Crippen LogP contribution < -0.4 is 0 Å². The highest BCUT2D eigenvalue weighted by atomic mass is 32.1. The Labute approximate surface area is 79.1 Å². The number of carbonyl (C=O) groups is 1. The average molecular weight is 185 g/mol. The summed E-state index contributed by atoms with van der Waals surface area (Å²) in [5, 5.41) is 2.08. The van der Waals surface area contributed by atoms with E-state index in [9.17, 15) is 4.79 Å². The minimum Gasteiger partial charge on any atom is -0.272 e. The van der Waals surface area contributed by atoms with Gasteiger partial charge < -0.3 is 0 Å². The smallest absolute Gasteiger partial charge is 0.254 e. The SMILES string of the molecule is CC(CC(=O)N=C=S)C(C)(C)C. The zero-order valence-electron chi connectivity index (χ0n) is 8.05. The van der Waals surface area contributed by atoms with E-state index in [0.29, 0.717) is 12.3 Å². The van der Waals surface area contributed by atoms with Gasteiger partial charge in [0.05, 0.1) is 5.16 Å². The molecule has 0 spiro atoms. The molecule has 0 aromatic carbocycles. The van der Waals surface area contributed by atoms with Gasteiger partial charge in [-0.05, 0) is 23.6 Å². The molecule has 0 aromatic rings. The molecule has 68 valence electrons. The van der Waals surface area contributed by atoms with Crippen LogP contribution in [0.5, 0.6) is 0 Å². The van der Waals surface area contributed by atoms with Crippen LogP contribution in [0.15, 0.2) is 4.99 Å². The third-order valence-electron chi connectivity index (χ3n) is 2.13. The van der Waals surface area contributed by atoms with E-state index in [1.165, 1.54) is 0 Å². The van der Waals surface area contributed by atoms with Crippen LogP contribution in [0.2, 0.25) is 0 Å². The first-order valence-electron chi connectivity index (χ1n) is 3.98. The zero-order chi connectivity index (χ0) is 9.78. The number of carbonyl (C=O) groups excluding carboxylic acids is 1. The highest BCUT2D eigenvalue weighted by Gasteiger charge is 2.21. The molecule has 0 bridgehead atoms. The lowest BCUT2D eigenvalue weighted by atomic mass is 9.80. The van der Waals surface area contributed by atoms with Crippen LogP contribution in [0.3, 0.4) is 0 Å². The van der Waals surface area contributed by atoms with Gasteiger partial charge >= 0.3 is 0 Å². The lowest BCUT2D eigenvalue weighted by Crippen LogP contribution is -2.19. The Morgan fingerprint density at radius 1 is 1.58 bits per heavy atom. The van der Waals surface area contributed by atoms with Crippen molar-refractivity contribution in [1.82, 2.24) is 0 Å². The van der Waals surface area contributed by atoms with Gasteiger partial charge in [-0.3, -0.25) is 4.79 Å². The van der Waals surface area contributed by atoms with E-state index in [4.69, 9.17) is 0 Å². The van der Waals surface area contributed by atoms with Crippen molar-refractivity contribution < 1.29 is 4.79 Å². The maximum absolute atomic E-state index is 11.0. The molecule has 0 rings (SSSR count). The predicted octanol–water partition coefficient (Wildman–Crippen LogP) is 2.69. The molecule has 0 saturated carbocycles. The van der Waals surface area contributed by atoms with E-state index in [-0.39, 0.29) is 11.3 Å². The molecular formula is C9H15NOS. The average Bonchev–Trinajstić information content (AvgIpc) is 1.85. The maximum Gasteiger partial charge on any atom is 0.254 e. The molecule has 1 unspecified atom stereocenters. The lowest BCUT2D eigenvalue weighted by Gasteiger charge is -2.25. The number of hydrogen-bond donors (Lipinski definition) is 0. The van der Waals surface area contributed by atoms with Crippen LogP contribution in [0.1, 0.15) is 34.1 Å². The summed E-state index contributed by atoms with van der Waals surface area (Å²) in [6.07, 6.45) is 0.452. The number of nitrogens with zero attached hydrogens (tertiary/aromatic N) is 1.